The van der Waals surface area contributed by atoms with E-state index in [-0.39, 0.29) is 17.9 Å². The van der Waals surface area contributed by atoms with E-state index in [0.29, 0.717) is 5.56 Å². The number of rotatable bonds is 6. The summed E-state index contributed by atoms with van der Waals surface area (Å²) in [5.41, 5.74) is 2.29. The molecule has 0 aliphatic carbocycles. The van der Waals surface area contributed by atoms with E-state index < -0.39 is 34.4 Å². The van der Waals surface area contributed by atoms with Crippen molar-refractivity contribution in [2.45, 2.75) is 43.5 Å². The number of hydrogen-bond donors (Lipinski definition) is 0. The molecule has 1 saturated heterocycles. The zero-order chi connectivity index (χ0) is 21.0. The smallest absolute Gasteiger partial charge is 0.338 e. The van der Waals surface area contributed by atoms with E-state index in [1.165, 1.54) is 12.1 Å². The average Bonchev–Trinajstić information content (AvgIpc) is 3.09. The van der Waals surface area contributed by atoms with Crippen LogP contribution in [-0.2, 0) is 23.8 Å². The Bertz CT molecular complexity index is 1010. The Morgan fingerprint density at radius 2 is 1.69 bits per heavy atom. The van der Waals surface area contributed by atoms with Gasteiger partial charge in [0.15, 0.2) is 0 Å². The standard InChI is InChI=1S/C21H21NO6S/c1-14-3-7-16(8-4-14)21(23)28-19-11-17(12-22)27-20(19)13-26-29(24,25)18-9-5-15(2)6-10-18/h3-10,17,19-20H,11,13H2,1-2H3/t17-,19+,20-/m1/s1. The Labute approximate surface area is 169 Å². The normalized spacial score (nSPS) is 21.5. The van der Waals surface area contributed by atoms with E-state index in [9.17, 15) is 13.2 Å². The van der Waals surface area contributed by atoms with Crippen LogP contribution >= 0.6 is 0 Å². The van der Waals surface area contributed by atoms with Gasteiger partial charge in [-0.05, 0) is 38.1 Å². The van der Waals surface area contributed by atoms with Gasteiger partial charge in [0.2, 0.25) is 0 Å². The summed E-state index contributed by atoms with van der Waals surface area (Å²) < 4.78 is 40.9. The summed E-state index contributed by atoms with van der Waals surface area (Å²) >= 11 is 0. The van der Waals surface area contributed by atoms with Gasteiger partial charge < -0.3 is 9.47 Å². The van der Waals surface area contributed by atoms with Crippen LogP contribution in [0.3, 0.4) is 0 Å². The minimum absolute atomic E-state index is 0.0196. The summed E-state index contributed by atoms with van der Waals surface area (Å²) in [5.74, 6) is -0.566. The van der Waals surface area contributed by atoms with Gasteiger partial charge in [-0.25, -0.2) is 4.79 Å². The lowest BCUT2D eigenvalue weighted by Gasteiger charge is -2.19. The van der Waals surface area contributed by atoms with Gasteiger partial charge in [-0.1, -0.05) is 35.4 Å². The molecule has 8 heteroatoms. The highest BCUT2D eigenvalue weighted by molar-refractivity contribution is 7.86. The van der Waals surface area contributed by atoms with Gasteiger partial charge >= 0.3 is 5.97 Å². The highest BCUT2D eigenvalue weighted by Gasteiger charge is 2.39. The Kier molecular flexibility index (Phi) is 6.33. The Morgan fingerprint density at radius 1 is 1.10 bits per heavy atom. The van der Waals surface area contributed by atoms with Crippen molar-refractivity contribution in [2.75, 3.05) is 6.61 Å². The van der Waals surface area contributed by atoms with Crippen LogP contribution in [0.1, 0.15) is 27.9 Å². The van der Waals surface area contributed by atoms with Crippen LogP contribution < -0.4 is 0 Å². The van der Waals surface area contributed by atoms with Crippen molar-refractivity contribution in [3.63, 3.8) is 0 Å². The largest absolute Gasteiger partial charge is 0.456 e. The molecule has 1 aliphatic heterocycles. The number of hydrogen-bond acceptors (Lipinski definition) is 7. The quantitative estimate of drug-likeness (QED) is 0.528. The summed E-state index contributed by atoms with van der Waals surface area (Å²) in [6.45, 7) is 3.39. The Balaban J connectivity index is 1.67. The molecule has 0 bridgehead atoms. The molecule has 0 unspecified atom stereocenters. The highest BCUT2D eigenvalue weighted by atomic mass is 32.2. The fourth-order valence-corrected chi connectivity index (χ4v) is 3.81. The lowest BCUT2D eigenvalue weighted by Crippen LogP contribution is -2.32. The molecule has 1 fully saturated rings. The highest BCUT2D eigenvalue weighted by Crippen LogP contribution is 2.26. The Hall–Kier alpha value is -2.73. The van der Waals surface area contributed by atoms with Crippen molar-refractivity contribution in [1.82, 2.24) is 0 Å². The molecule has 1 heterocycles. The summed E-state index contributed by atoms with van der Waals surface area (Å²) in [6, 6.07) is 15.1. The van der Waals surface area contributed by atoms with Crippen LogP contribution in [0, 0.1) is 25.2 Å². The lowest BCUT2D eigenvalue weighted by atomic mass is 10.1. The van der Waals surface area contributed by atoms with Crippen LogP contribution in [0.5, 0.6) is 0 Å². The Morgan fingerprint density at radius 3 is 2.28 bits per heavy atom. The molecule has 29 heavy (non-hydrogen) atoms. The second-order valence-electron chi connectivity index (χ2n) is 6.89. The molecule has 0 aromatic heterocycles. The van der Waals surface area contributed by atoms with Crippen molar-refractivity contribution < 1.29 is 26.9 Å². The van der Waals surface area contributed by atoms with Crippen molar-refractivity contribution in [2.24, 2.45) is 0 Å². The number of carbonyl (C=O) groups excluding carboxylic acids is 1. The van der Waals surface area contributed by atoms with Gasteiger partial charge in [-0.15, -0.1) is 0 Å². The van der Waals surface area contributed by atoms with Gasteiger partial charge in [0, 0.05) is 6.42 Å². The van der Waals surface area contributed by atoms with Crippen LogP contribution in [0.15, 0.2) is 53.4 Å². The second-order valence-corrected chi connectivity index (χ2v) is 8.50. The van der Waals surface area contributed by atoms with E-state index in [0.717, 1.165) is 11.1 Å². The summed E-state index contributed by atoms with van der Waals surface area (Å²) in [6.07, 6.45) is -2.32. The molecule has 0 spiro atoms. The number of nitrogens with zero attached hydrogens (tertiary/aromatic N) is 1. The van der Waals surface area contributed by atoms with E-state index in [4.69, 9.17) is 18.9 Å². The number of nitriles is 1. The number of aryl methyl sites for hydroxylation is 2. The molecule has 0 radical (unpaired) electrons. The average molecular weight is 415 g/mol. The van der Waals surface area contributed by atoms with Gasteiger partial charge in [-0.3, -0.25) is 4.18 Å². The summed E-state index contributed by atoms with van der Waals surface area (Å²) in [5, 5.41) is 9.14. The molecule has 3 rings (SSSR count). The fraction of sp³-hybridized carbons (Fsp3) is 0.333. The van der Waals surface area contributed by atoms with E-state index in [1.54, 1.807) is 36.4 Å². The molecule has 3 atom stereocenters. The van der Waals surface area contributed by atoms with Crippen molar-refractivity contribution in [1.29, 1.82) is 5.26 Å². The first kappa shape index (κ1) is 21.0. The minimum Gasteiger partial charge on any atom is -0.456 e. The van der Waals surface area contributed by atoms with Crippen LogP contribution in [0.2, 0.25) is 0 Å². The molecule has 1 aliphatic rings. The third-order valence-corrected chi connectivity index (χ3v) is 5.88. The predicted molar refractivity (Wildman–Crippen MR) is 104 cm³/mol. The predicted octanol–water partition coefficient (Wildman–Crippen LogP) is 2.92. The number of esters is 1. The van der Waals surface area contributed by atoms with Crippen LogP contribution in [0.4, 0.5) is 0 Å². The van der Waals surface area contributed by atoms with Gasteiger partial charge in [0.05, 0.1) is 23.1 Å². The van der Waals surface area contributed by atoms with Crippen molar-refractivity contribution in [3.05, 3.63) is 65.2 Å². The van der Waals surface area contributed by atoms with Crippen molar-refractivity contribution in [3.8, 4) is 6.07 Å². The first-order chi connectivity index (χ1) is 13.8. The van der Waals surface area contributed by atoms with Gasteiger partial charge in [-0.2, -0.15) is 13.7 Å². The molecule has 152 valence electrons. The minimum atomic E-state index is -4.00. The van der Waals surface area contributed by atoms with E-state index in [2.05, 4.69) is 0 Å². The van der Waals surface area contributed by atoms with E-state index >= 15 is 0 Å². The first-order valence-corrected chi connectivity index (χ1v) is 10.5. The number of benzene rings is 2. The third-order valence-electron chi connectivity index (χ3n) is 4.59. The third kappa shape index (κ3) is 5.21. The molecule has 0 saturated carbocycles. The van der Waals surface area contributed by atoms with Crippen molar-refractivity contribution >= 4 is 16.1 Å². The zero-order valence-corrected chi connectivity index (χ0v) is 16.9. The maximum Gasteiger partial charge on any atom is 0.338 e. The topological polar surface area (TPSA) is 103 Å². The maximum atomic E-state index is 12.4. The van der Waals surface area contributed by atoms with E-state index in [1.807, 2.05) is 19.9 Å². The maximum absolute atomic E-state index is 12.4. The molecule has 0 amide bonds. The van der Waals surface area contributed by atoms with Crippen LogP contribution in [0.25, 0.3) is 0 Å². The summed E-state index contributed by atoms with van der Waals surface area (Å²) in [7, 11) is -4.00. The first-order valence-electron chi connectivity index (χ1n) is 9.07. The lowest BCUT2D eigenvalue weighted by molar-refractivity contribution is -0.0207. The van der Waals surface area contributed by atoms with Gasteiger partial charge in [0.1, 0.15) is 18.3 Å². The summed E-state index contributed by atoms with van der Waals surface area (Å²) in [4.78, 5) is 12.4. The molecular weight excluding hydrogens is 394 g/mol. The fourth-order valence-electron chi connectivity index (χ4n) is 2.90. The monoisotopic (exact) mass is 415 g/mol. The molecule has 7 nitrogen and oxygen atoms in total. The number of ether oxygens (including phenoxy) is 2. The molecule has 2 aromatic rings. The number of carbonyl (C=O) groups is 1. The SMILES string of the molecule is Cc1ccc(C(=O)O[C@H]2C[C@H](C#N)O[C@@H]2COS(=O)(=O)c2ccc(C)cc2)cc1. The zero-order valence-electron chi connectivity index (χ0n) is 16.1. The van der Waals surface area contributed by atoms with Crippen LogP contribution in [-0.4, -0.2) is 39.3 Å². The molecular formula is C21H21NO6S. The second kappa shape index (κ2) is 8.74. The molecule has 2 aromatic carbocycles. The van der Waals surface area contributed by atoms with Gasteiger partial charge in [0.25, 0.3) is 10.1 Å². The molecule has 0 N–H and O–H groups in total.